The van der Waals surface area contributed by atoms with Crippen LogP contribution in [0.2, 0.25) is 0 Å². The van der Waals surface area contributed by atoms with E-state index in [1.165, 1.54) is 23.1 Å². The number of halogens is 2. The summed E-state index contributed by atoms with van der Waals surface area (Å²) in [5.74, 6) is -1.54. The maximum absolute atomic E-state index is 13.9. The largest absolute Gasteiger partial charge is 0.313 e. The monoisotopic (exact) mass is 287 g/mol. The highest BCUT2D eigenvalue weighted by molar-refractivity contribution is 5.36. The van der Waals surface area contributed by atoms with Gasteiger partial charge in [0.25, 0.3) is 0 Å². The van der Waals surface area contributed by atoms with Gasteiger partial charge in [0.05, 0.1) is 0 Å². The lowest BCUT2D eigenvalue weighted by molar-refractivity contribution is 0.473. The van der Waals surface area contributed by atoms with Crippen molar-refractivity contribution in [3.63, 3.8) is 0 Å². The standard InChI is InChI=1S/C18H19F2N/c1-21-17(15-6-3-7-16(19)18(15)20)11-12-8-9-13-4-2-5-14(13)10-12/h3,6-10,17,21H,2,4-5,11H2,1H3. The van der Waals surface area contributed by atoms with Crippen LogP contribution >= 0.6 is 0 Å². The van der Waals surface area contributed by atoms with Gasteiger partial charge in [-0.3, -0.25) is 0 Å². The van der Waals surface area contributed by atoms with E-state index in [-0.39, 0.29) is 6.04 Å². The number of nitrogens with one attached hydrogen (secondary N) is 1. The Kier molecular flexibility index (Phi) is 4.02. The second-order valence-corrected chi connectivity index (χ2v) is 5.65. The van der Waals surface area contributed by atoms with Crippen LogP contribution in [0.5, 0.6) is 0 Å². The molecule has 2 aromatic rings. The summed E-state index contributed by atoms with van der Waals surface area (Å²) in [6, 6.07) is 10.6. The van der Waals surface area contributed by atoms with Crippen molar-refractivity contribution in [1.29, 1.82) is 0 Å². The molecule has 0 saturated carbocycles. The molecule has 1 aliphatic carbocycles. The Bertz CT molecular complexity index is 652. The molecule has 1 N–H and O–H groups in total. The molecule has 0 bridgehead atoms. The predicted molar refractivity (Wildman–Crippen MR) is 80.3 cm³/mol. The minimum Gasteiger partial charge on any atom is -0.313 e. The summed E-state index contributed by atoms with van der Waals surface area (Å²) >= 11 is 0. The van der Waals surface area contributed by atoms with Crippen LogP contribution in [-0.2, 0) is 19.3 Å². The third-order valence-corrected chi connectivity index (χ3v) is 4.31. The van der Waals surface area contributed by atoms with Crippen LogP contribution in [-0.4, -0.2) is 7.05 Å². The van der Waals surface area contributed by atoms with Crippen LogP contribution in [0.3, 0.4) is 0 Å². The highest BCUT2D eigenvalue weighted by Crippen LogP contribution is 2.27. The molecule has 0 spiro atoms. The van der Waals surface area contributed by atoms with E-state index in [9.17, 15) is 8.78 Å². The number of benzene rings is 2. The molecule has 110 valence electrons. The van der Waals surface area contributed by atoms with Gasteiger partial charge in [-0.1, -0.05) is 30.3 Å². The van der Waals surface area contributed by atoms with Crippen molar-refractivity contribution in [2.24, 2.45) is 0 Å². The molecule has 0 saturated heterocycles. The summed E-state index contributed by atoms with van der Waals surface area (Å²) in [5.41, 5.74) is 4.38. The smallest absolute Gasteiger partial charge is 0.163 e. The molecule has 1 atom stereocenters. The molecular weight excluding hydrogens is 268 g/mol. The van der Waals surface area contributed by atoms with Crippen molar-refractivity contribution in [3.8, 4) is 0 Å². The van der Waals surface area contributed by atoms with Gasteiger partial charge in [-0.15, -0.1) is 0 Å². The van der Waals surface area contributed by atoms with E-state index in [1.807, 2.05) is 0 Å². The summed E-state index contributed by atoms with van der Waals surface area (Å²) in [4.78, 5) is 0. The Balaban J connectivity index is 1.86. The van der Waals surface area contributed by atoms with Crippen LogP contribution < -0.4 is 5.32 Å². The fourth-order valence-corrected chi connectivity index (χ4v) is 3.14. The number of fused-ring (bicyclic) bond motifs is 1. The predicted octanol–water partition coefficient (Wildman–Crippen LogP) is 3.96. The van der Waals surface area contributed by atoms with Gasteiger partial charge in [-0.25, -0.2) is 8.78 Å². The van der Waals surface area contributed by atoms with Gasteiger partial charge in [0.2, 0.25) is 0 Å². The summed E-state index contributed by atoms with van der Waals surface area (Å²) in [7, 11) is 1.78. The summed E-state index contributed by atoms with van der Waals surface area (Å²) < 4.78 is 27.3. The first-order valence-corrected chi connectivity index (χ1v) is 7.41. The SMILES string of the molecule is CNC(Cc1ccc2c(c1)CCC2)c1cccc(F)c1F. The highest BCUT2D eigenvalue weighted by Gasteiger charge is 2.18. The van der Waals surface area contributed by atoms with E-state index in [4.69, 9.17) is 0 Å². The minimum absolute atomic E-state index is 0.222. The van der Waals surface area contributed by atoms with Crippen LogP contribution in [0, 0.1) is 11.6 Å². The molecule has 21 heavy (non-hydrogen) atoms. The van der Waals surface area contributed by atoms with Gasteiger partial charge in [0.1, 0.15) is 0 Å². The van der Waals surface area contributed by atoms with E-state index < -0.39 is 11.6 Å². The van der Waals surface area contributed by atoms with Gasteiger partial charge in [-0.05, 0) is 55.5 Å². The van der Waals surface area contributed by atoms with Gasteiger partial charge in [0.15, 0.2) is 11.6 Å². The number of hydrogen-bond acceptors (Lipinski definition) is 1. The first kappa shape index (κ1) is 14.2. The van der Waals surface area contributed by atoms with Crippen molar-refractivity contribution in [3.05, 3.63) is 70.3 Å². The normalized spacial score (nSPS) is 15.0. The number of hydrogen-bond donors (Lipinski definition) is 1. The second kappa shape index (κ2) is 5.94. The summed E-state index contributed by atoms with van der Waals surface area (Å²) in [6.45, 7) is 0. The van der Waals surface area contributed by atoms with Crippen molar-refractivity contribution in [1.82, 2.24) is 5.32 Å². The van der Waals surface area contributed by atoms with Crippen LogP contribution in [0.4, 0.5) is 8.78 Å². The molecule has 1 unspecified atom stereocenters. The zero-order valence-electron chi connectivity index (χ0n) is 12.1. The Morgan fingerprint density at radius 2 is 1.90 bits per heavy atom. The maximum Gasteiger partial charge on any atom is 0.163 e. The maximum atomic E-state index is 13.9. The average molecular weight is 287 g/mol. The van der Waals surface area contributed by atoms with Crippen molar-refractivity contribution in [2.45, 2.75) is 31.7 Å². The topological polar surface area (TPSA) is 12.0 Å². The lowest BCUT2D eigenvalue weighted by atomic mass is 9.96. The number of rotatable bonds is 4. The first-order valence-electron chi connectivity index (χ1n) is 7.41. The molecule has 0 amide bonds. The van der Waals surface area contributed by atoms with Crippen molar-refractivity contribution >= 4 is 0 Å². The van der Waals surface area contributed by atoms with E-state index in [0.29, 0.717) is 12.0 Å². The molecular formula is C18H19F2N. The zero-order chi connectivity index (χ0) is 14.8. The molecule has 3 rings (SSSR count). The van der Waals surface area contributed by atoms with Gasteiger partial charge in [-0.2, -0.15) is 0 Å². The molecule has 0 aliphatic heterocycles. The Morgan fingerprint density at radius 3 is 2.71 bits per heavy atom. The molecule has 0 fully saturated rings. The molecule has 2 aromatic carbocycles. The molecule has 1 aliphatic rings. The molecule has 0 aromatic heterocycles. The average Bonchev–Trinajstić information content (AvgIpc) is 2.95. The second-order valence-electron chi connectivity index (χ2n) is 5.65. The lowest BCUT2D eigenvalue weighted by Gasteiger charge is -2.18. The summed E-state index contributed by atoms with van der Waals surface area (Å²) in [5, 5.41) is 3.10. The van der Waals surface area contributed by atoms with Crippen LogP contribution in [0.25, 0.3) is 0 Å². The van der Waals surface area contributed by atoms with Crippen molar-refractivity contribution < 1.29 is 8.78 Å². The van der Waals surface area contributed by atoms with E-state index >= 15 is 0 Å². The highest BCUT2D eigenvalue weighted by atomic mass is 19.2. The van der Waals surface area contributed by atoms with E-state index in [0.717, 1.165) is 18.9 Å². The van der Waals surface area contributed by atoms with Crippen molar-refractivity contribution in [2.75, 3.05) is 7.05 Å². The third kappa shape index (κ3) is 2.84. The van der Waals surface area contributed by atoms with Gasteiger partial charge in [0, 0.05) is 11.6 Å². The zero-order valence-corrected chi connectivity index (χ0v) is 12.1. The minimum atomic E-state index is -0.790. The first-order chi connectivity index (χ1) is 10.2. The molecule has 0 radical (unpaired) electrons. The van der Waals surface area contributed by atoms with Gasteiger partial charge >= 0.3 is 0 Å². The number of likely N-dealkylation sites (N-methyl/N-ethyl adjacent to an activating group) is 1. The number of aryl methyl sites for hydroxylation is 2. The Labute approximate surface area is 124 Å². The van der Waals surface area contributed by atoms with Gasteiger partial charge < -0.3 is 5.32 Å². The van der Waals surface area contributed by atoms with E-state index in [2.05, 4.69) is 23.5 Å². The third-order valence-electron chi connectivity index (χ3n) is 4.31. The van der Waals surface area contributed by atoms with E-state index in [1.54, 1.807) is 19.2 Å². The molecule has 3 heteroatoms. The Hall–Kier alpha value is -1.74. The fourth-order valence-electron chi connectivity index (χ4n) is 3.14. The Morgan fingerprint density at radius 1 is 1.10 bits per heavy atom. The lowest BCUT2D eigenvalue weighted by Crippen LogP contribution is -2.20. The molecule has 0 heterocycles. The molecule has 1 nitrogen and oxygen atoms in total. The quantitative estimate of drug-likeness (QED) is 0.897. The van der Waals surface area contributed by atoms with Crippen LogP contribution in [0.1, 0.15) is 34.7 Å². The summed E-state index contributed by atoms with van der Waals surface area (Å²) in [6.07, 6.45) is 4.15. The van der Waals surface area contributed by atoms with Crippen LogP contribution in [0.15, 0.2) is 36.4 Å². The fraction of sp³-hybridized carbons (Fsp3) is 0.333.